The van der Waals surface area contributed by atoms with Crippen LogP contribution in [0, 0.1) is 5.92 Å². The largest absolute Gasteiger partial charge is 0.345 e. The van der Waals surface area contributed by atoms with Crippen molar-refractivity contribution >= 4 is 28.4 Å². The second-order valence-electron chi connectivity index (χ2n) is 4.96. The second kappa shape index (κ2) is 5.07. The molecule has 0 aliphatic heterocycles. The number of Topliss-reactive ketones (excluding diaryl/α,β-unsaturated/α-hetero) is 1. The molecule has 1 N–H and O–H groups in total. The maximum absolute atomic E-state index is 14.2. The Morgan fingerprint density at radius 1 is 1.43 bits per heavy atom. The number of fused-ring (bicyclic) bond motifs is 1. The van der Waals surface area contributed by atoms with Crippen LogP contribution >= 0.6 is 11.6 Å². The van der Waals surface area contributed by atoms with Crippen LogP contribution < -0.4 is 0 Å². The molecule has 1 aliphatic rings. The van der Waals surface area contributed by atoms with Crippen molar-refractivity contribution in [3.05, 3.63) is 52.6 Å². The van der Waals surface area contributed by atoms with E-state index in [1.807, 2.05) is 0 Å². The normalized spacial score (nSPS) is 22.1. The molecule has 2 heterocycles. The molecule has 2 aromatic heterocycles. The summed E-state index contributed by atoms with van der Waals surface area (Å²) in [7, 11) is 0. The summed E-state index contributed by atoms with van der Waals surface area (Å²) in [5.74, 6) is -2.85. The van der Waals surface area contributed by atoms with Gasteiger partial charge in [-0.25, -0.2) is 13.8 Å². The van der Waals surface area contributed by atoms with Crippen molar-refractivity contribution in [2.75, 3.05) is 0 Å². The number of aromatic amines is 1. The predicted octanol–water partition coefficient (Wildman–Crippen LogP) is 4.17. The summed E-state index contributed by atoms with van der Waals surface area (Å²) >= 11 is 5.86. The summed E-state index contributed by atoms with van der Waals surface area (Å²) in [5, 5.41) is 0.809. The van der Waals surface area contributed by atoms with E-state index in [0.717, 1.165) is 6.08 Å². The zero-order valence-corrected chi connectivity index (χ0v) is 11.8. The number of allylic oxidation sites excluding steroid dienone is 4. The van der Waals surface area contributed by atoms with Gasteiger partial charge in [0, 0.05) is 23.3 Å². The molecule has 0 aromatic carbocycles. The summed E-state index contributed by atoms with van der Waals surface area (Å²) in [6.07, 6.45) is 3.65. The van der Waals surface area contributed by atoms with Crippen molar-refractivity contribution in [3.63, 3.8) is 0 Å². The van der Waals surface area contributed by atoms with Crippen LogP contribution in [0.25, 0.3) is 11.0 Å². The SMILES string of the molecule is CC1=CC=C(F)C(C(=O)c2c[nH]c3ncc(Cl)cc23)C1F. The third kappa shape index (κ3) is 2.27. The van der Waals surface area contributed by atoms with Crippen LogP contribution in [0.1, 0.15) is 17.3 Å². The Balaban J connectivity index is 2.07. The molecule has 0 radical (unpaired) electrons. The van der Waals surface area contributed by atoms with Gasteiger partial charge >= 0.3 is 0 Å². The Kier molecular flexibility index (Phi) is 3.37. The van der Waals surface area contributed by atoms with Crippen molar-refractivity contribution in [3.8, 4) is 0 Å². The number of pyridine rings is 1. The Bertz CT molecular complexity index is 794. The highest BCUT2D eigenvalue weighted by Gasteiger charge is 2.36. The van der Waals surface area contributed by atoms with Gasteiger partial charge in [-0.3, -0.25) is 4.79 Å². The lowest BCUT2D eigenvalue weighted by molar-refractivity contribution is 0.0873. The summed E-state index contributed by atoms with van der Waals surface area (Å²) in [6.45, 7) is 1.53. The molecule has 21 heavy (non-hydrogen) atoms. The maximum Gasteiger partial charge on any atom is 0.178 e. The number of ketones is 1. The fourth-order valence-corrected chi connectivity index (χ4v) is 2.57. The fraction of sp³-hybridized carbons (Fsp3) is 0.200. The quantitative estimate of drug-likeness (QED) is 0.846. The lowest BCUT2D eigenvalue weighted by Crippen LogP contribution is -2.28. The van der Waals surface area contributed by atoms with Gasteiger partial charge in [0.15, 0.2) is 5.78 Å². The highest BCUT2D eigenvalue weighted by Crippen LogP contribution is 2.33. The van der Waals surface area contributed by atoms with Gasteiger partial charge in [-0.15, -0.1) is 0 Å². The van der Waals surface area contributed by atoms with Gasteiger partial charge in [-0.1, -0.05) is 17.7 Å². The zero-order valence-electron chi connectivity index (χ0n) is 11.0. The predicted molar refractivity (Wildman–Crippen MR) is 76.8 cm³/mol. The molecule has 108 valence electrons. The number of alkyl halides is 1. The molecule has 2 aromatic rings. The molecule has 0 saturated heterocycles. The minimum atomic E-state index is -1.67. The van der Waals surface area contributed by atoms with E-state index in [9.17, 15) is 13.6 Å². The van der Waals surface area contributed by atoms with Crippen LogP contribution in [-0.4, -0.2) is 21.9 Å². The van der Waals surface area contributed by atoms with Crippen LogP contribution in [0.2, 0.25) is 5.02 Å². The van der Waals surface area contributed by atoms with Gasteiger partial charge in [0.1, 0.15) is 23.6 Å². The smallest absolute Gasteiger partial charge is 0.178 e. The number of carbonyl (C=O) groups is 1. The molecular weight excluding hydrogens is 298 g/mol. The third-order valence-corrected chi connectivity index (χ3v) is 3.78. The van der Waals surface area contributed by atoms with Crippen LogP contribution in [0.15, 0.2) is 42.0 Å². The third-order valence-electron chi connectivity index (χ3n) is 3.58. The fourth-order valence-electron chi connectivity index (χ4n) is 2.42. The first-order valence-electron chi connectivity index (χ1n) is 6.34. The van der Waals surface area contributed by atoms with Crippen molar-refractivity contribution in [2.24, 2.45) is 5.92 Å². The molecule has 2 atom stereocenters. The van der Waals surface area contributed by atoms with Crippen LogP contribution in [0.4, 0.5) is 8.78 Å². The lowest BCUT2D eigenvalue weighted by Gasteiger charge is -2.21. The van der Waals surface area contributed by atoms with Crippen molar-refractivity contribution < 1.29 is 13.6 Å². The highest BCUT2D eigenvalue weighted by atomic mass is 35.5. The molecule has 0 saturated carbocycles. The average Bonchev–Trinajstić information content (AvgIpc) is 2.86. The number of halogens is 3. The highest BCUT2D eigenvalue weighted by molar-refractivity contribution is 6.31. The number of nitrogens with one attached hydrogen (secondary N) is 1. The summed E-state index contributed by atoms with van der Waals surface area (Å²) in [6, 6.07) is 1.55. The number of aromatic nitrogens is 2. The Hall–Kier alpha value is -2.01. The van der Waals surface area contributed by atoms with E-state index < -0.39 is 23.7 Å². The molecule has 3 rings (SSSR count). The molecule has 1 aliphatic carbocycles. The topological polar surface area (TPSA) is 45.8 Å². The number of carbonyl (C=O) groups excluding carboxylic acids is 1. The molecule has 6 heteroatoms. The van der Waals surface area contributed by atoms with E-state index in [-0.39, 0.29) is 5.56 Å². The van der Waals surface area contributed by atoms with Crippen molar-refractivity contribution in [1.82, 2.24) is 9.97 Å². The maximum atomic E-state index is 14.2. The molecule has 0 bridgehead atoms. The molecule has 3 nitrogen and oxygen atoms in total. The monoisotopic (exact) mass is 308 g/mol. The molecule has 0 amide bonds. The van der Waals surface area contributed by atoms with Gasteiger partial charge in [0.05, 0.1) is 5.02 Å². The van der Waals surface area contributed by atoms with E-state index in [0.29, 0.717) is 21.6 Å². The van der Waals surface area contributed by atoms with E-state index in [4.69, 9.17) is 11.6 Å². The van der Waals surface area contributed by atoms with E-state index in [1.165, 1.54) is 25.4 Å². The second-order valence-corrected chi connectivity index (χ2v) is 5.39. The summed E-state index contributed by atoms with van der Waals surface area (Å²) in [4.78, 5) is 19.3. The van der Waals surface area contributed by atoms with Crippen LogP contribution in [0.3, 0.4) is 0 Å². The number of nitrogens with zero attached hydrogens (tertiary/aromatic N) is 1. The van der Waals surface area contributed by atoms with Crippen LogP contribution in [0.5, 0.6) is 0 Å². The van der Waals surface area contributed by atoms with Gasteiger partial charge in [0.2, 0.25) is 0 Å². The van der Waals surface area contributed by atoms with Gasteiger partial charge < -0.3 is 4.98 Å². The van der Waals surface area contributed by atoms with Gasteiger partial charge in [-0.05, 0) is 24.6 Å². The van der Waals surface area contributed by atoms with Crippen molar-refractivity contribution in [1.29, 1.82) is 0 Å². The standard InChI is InChI=1S/C15H11ClF2N2O/c1-7-2-3-11(17)12(13(7)18)14(21)10-6-20-15-9(10)4-8(16)5-19-15/h2-6,12-13H,1H3,(H,19,20). The average molecular weight is 309 g/mol. The molecule has 2 unspecified atom stereocenters. The summed E-state index contributed by atoms with van der Waals surface area (Å²) < 4.78 is 28.1. The first-order valence-corrected chi connectivity index (χ1v) is 6.71. The van der Waals surface area contributed by atoms with Gasteiger partial charge in [0.25, 0.3) is 0 Å². The van der Waals surface area contributed by atoms with E-state index in [2.05, 4.69) is 9.97 Å². The first-order chi connectivity index (χ1) is 9.99. The number of hydrogen-bond acceptors (Lipinski definition) is 2. The molecule has 0 fully saturated rings. The van der Waals surface area contributed by atoms with Gasteiger partial charge in [-0.2, -0.15) is 0 Å². The Morgan fingerprint density at radius 3 is 2.95 bits per heavy atom. The number of hydrogen-bond donors (Lipinski definition) is 1. The van der Waals surface area contributed by atoms with Crippen LogP contribution in [-0.2, 0) is 0 Å². The minimum Gasteiger partial charge on any atom is -0.345 e. The lowest BCUT2D eigenvalue weighted by atomic mass is 9.86. The van der Waals surface area contributed by atoms with E-state index >= 15 is 0 Å². The Morgan fingerprint density at radius 2 is 2.19 bits per heavy atom. The first kappa shape index (κ1) is 13.9. The molecule has 0 spiro atoms. The van der Waals surface area contributed by atoms with E-state index in [1.54, 1.807) is 6.07 Å². The number of H-pyrrole nitrogens is 1. The molecular formula is C15H11ClF2N2O. The Labute approximate surface area is 124 Å². The van der Waals surface area contributed by atoms with Crippen molar-refractivity contribution in [2.45, 2.75) is 13.1 Å². The minimum absolute atomic E-state index is 0.186. The zero-order chi connectivity index (χ0) is 15.1. The number of rotatable bonds is 2. The summed E-state index contributed by atoms with van der Waals surface area (Å²) in [5.41, 5.74) is 0.960.